The van der Waals surface area contributed by atoms with Gasteiger partial charge in [0.15, 0.2) is 6.61 Å². The molecule has 0 aliphatic heterocycles. The third-order valence-electron chi connectivity index (χ3n) is 3.25. The first kappa shape index (κ1) is 17.9. The quantitative estimate of drug-likeness (QED) is 0.473. The van der Waals surface area contributed by atoms with Crippen molar-refractivity contribution in [2.24, 2.45) is 5.10 Å². The lowest BCUT2D eigenvalue weighted by Gasteiger charge is -2.06. The standard InChI is InChI=1S/C17H17N3O5/c1-12(13-6-8-15(24-2)9-7-13)18-19-17(21)11-25-16-5-3-4-14(10-16)20(22)23/h3-10H,11H2,1-2H3,(H,19,21)/b18-12-. The summed E-state index contributed by atoms with van der Waals surface area (Å²) >= 11 is 0. The van der Waals surface area contributed by atoms with Crippen LogP contribution >= 0.6 is 0 Å². The first-order valence-corrected chi connectivity index (χ1v) is 7.34. The SMILES string of the molecule is COc1ccc(/C(C)=N\NC(=O)COc2cccc([N+](=O)[O-])c2)cc1. The summed E-state index contributed by atoms with van der Waals surface area (Å²) in [7, 11) is 1.58. The fraction of sp³-hybridized carbons (Fsp3) is 0.176. The van der Waals surface area contributed by atoms with Gasteiger partial charge in [-0.3, -0.25) is 14.9 Å². The number of rotatable bonds is 7. The molecule has 0 aromatic heterocycles. The number of nitrogens with one attached hydrogen (secondary N) is 1. The fourth-order valence-electron chi connectivity index (χ4n) is 1.91. The zero-order valence-corrected chi connectivity index (χ0v) is 13.8. The van der Waals surface area contributed by atoms with Gasteiger partial charge in [-0.15, -0.1) is 0 Å². The van der Waals surface area contributed by atoms with Crippen molar-refractivity contribution in [2.75, 3.05) is 13.7 Å². The van der Waals surface area contributed by atoms with E-state index in [4.69, 9.17) is 9.47 Å². The Labute approximate surface area is 144 Å². The minimum atomic E-state index is -0.532. The van der Waals surface area contributed by atoms with Gasteiger partial charge >= 0.3 is 0 Å². The van der Waals surface area contributed by atoms with Gasteiger partial charge in [0, 0.05) is 6.07 Å². The lowest BCUT2D eigenvalue weighted by atomic mass is 10.1. The second kappa shape index (κ2) is 8.44. The van der Waals surface area contributed by atoms with Crippen LogP contribution in [0.5, 0.6) is 11.5 Å². The van der Waals surface area contributed by atoms with Crippen LogP contribution in [0, 0.1) is 10.1 Å². The molecule has 0 spiro atoms. The summed E-state index contributed by atoms with van der Waals surface area (Å²) in [5.74, 6) is 0.491. The van der Waals surface area contributed by atoms with Crippen LogP contribution in [0.15, 0.2) is 53.6 Å². The average Bonchev–Trinajstić information content (AvgIpc) is 2.64. The summed E-state index contributed by atoms with van der Waals surface area (Å²) in [5.41, 5.74) is 3.72. The predicted octanol–water partition coefficient (Wildman–Crippen LogP) is 2.52. The number of carbonyl (C=O) groups is 1. The van der Waals surface area contributed by atoms with Gasteiger partial charge in [-0.05, 0) is 42.8 Å². The number of ether oxygens (including phenoxy) is 2. The Balaban J connectivity index is 1.89. The molecule has 0 fully saturated rings. The molecule has 25 heavy (non-hydrogen) atoms. The topological polar surface area (TPSA) is 103 Å². The number of methoxy groups -OCH3 is 1. The number of non-ortho nitro benzene ring substituents is 1. The monoisotopic (exact) mass is 343 g/mol. The maximum Gasteiger partial charge on any atom is 0.277 e. The number of nitro benzene ring substituents is 1. The first-order valence-electron chi connectivity index (χ1n) is 7.34. The molecule has 2 aromatic rings. The fourth-order valence-corrected chi connectivity index (χ4v) is 1.91. The number of amides is 1. The van der Waals surface area contributed by atoms with Crippen LogP contribution in [-0.4, -0.2) is 30.3 Å². The summed E-state index contributed by atoms with van der Waals surface area (Å²) in [4.78, 5) is 21.9. The number of nitro groups is 1. The number of hydrogen-bond acceptors (Lipinski definition) is 6. The molecule has 8 nitrogen and oxygen atoms in total. The van der Waals surface area contributed by atoms with E-state index >= 15 is 0 Å². The smallest absolute Gasteiger partial charge is 0.277 e. The van der Waals surface area contributed by atoms with Crippen molar-refractivity contribution < 1.29 is 19.2 Å². The summed E-state index contributed by atoms with van der Waals surface area (Å²) in [5, 5.41) is 14.7. The Bertz CT molecular complexity index is 787. The molecule has 0 unspecified atom stereocenters. The molecule has 1 amide bonds. The van der Waals surface area contributed by atoms with Gasteiger partial charge in [-0.1, -0.05) is 6.07 Å². The van der Waals surface area contributed by atoms with Crippen LogP contribution in [0.2, 0.25) is 0 Å². The zero-order chi connectivity index (χ0) is 18.2. The summed E-state index contributed by atoms with van der Waals surface area (Å²) in [6, 6.07) is 12.8. The maximum absolute atomic E-state index is 11.8. The third kappa shape index (κ3) is 5.31. The van der Waals surface area contributed by atoms with Crippen LogP contribution in [-0.2, 0) is 4.79 Å². The highest BCUT2D eigenvalue weighted by Crippen LogP contribution is 2.18. The normalized spacial score (nSPS) is 10.9. The van der Waals surface area contributed by atoms with E-state index in [2.05, 4.69) is 10.5 Å². The molecule has 0 radical (unpaired) electrons. The van der Waals surface area contributed by atoms with Gasteiger partial charge < -0.3 is 9.47 Å². The molecule has 130 valence electrons. The Morgan fingerprint density at radius 3 is 2.56 bits per heavy atom. The molecule has 0 saturated heterocycles. The van der Waals surface area contributed by atoms with Crippen molar-refractivity contribution >= 4 is 17.3 Å². The number of hydrazone groups is 1. The van der Waals surface area contributed by atoms with E-state index < -0.39 is 10.8 Å². The molecule has 0 aliphatic rings. The number of nitrogens with zero attached hydrogens (tertiary/aromatic N) is 2. The predicted molar refractivity (Wildman–Crippen MR) is 91.9 cm³/mol. The molecule has 0 heterocycles. The third-order valence-corrected chi connectivity index (χ3v) is 3.25. The molecule has 0 bridgehead atoms. The largest absolute Gasteiger partial charge is 0.497 e. The van der Waals surface area contributed by atoms with E-state index in [1.54, 1.807) is 26.2 Å². The maximum atomic E-state index is 11.8. The van der Waals surface area contributed by atoms with Gasteiger partial charge in [-0.2, -0.15) is 5.10 Å². The molecule has 0 aliphatic carbocycles. The van der Waals surface area contributed by atoms with Crippen molar-refractivity contribution in [1.82, 2.24) is 5.43 Å². The van der Waals surface area contributed by atoms with E-state index in [-0.39, 0.29) is 18.0 Å². The van der Waals surface area contributed by atoms with E-state index in [0.29, 0.717) is 5.71 Å². The van der Waals surface area contributed by atoms with Crippen LogP contribution in [0.3, 0.4) is 0 Å². The molecule has 0 saturated carbocycles. The van der Waals surface area contributed by atoms with Gasteiger partial charge in [0.25, 0.3) is 11.6 Å². The average molecular weight is 343 g/mol. The van der Waals surface area contributed by atoms with E-state index in [9.17, 15) is 14.9 Å². The minimum Gasteiger partial charge on any atom is -0.497 e. The molecular weight excluding hydrogens is 326 g/mol. The Hall–Kier alpha value is -3.42. The molecule has 8 heteroatoms. The summed E-state index contributed by atoms with van der Waals surface area (Å²) in [6.45, 7) is 1.45. The summed E-state index contributed by atoms with van der Waals surface area (Å²) < 4.78 is 10.3. The van der Waals surface area contributed by atoms with Crippen LogP contribution in [0.25, 0.3) is 0 Å². The molecule has 0 atom stereocenters. The van der Waals surface area contributed by atoms with Crippen molar-refractivity contribution in [3.8, 4) is 11.5 Å². The van der Waals surface area contributed by atoms with Crippen molar-refractivity contribution in [3.63, 3.8) is 0 Å². The minimum absolute atomic E-state index is 0.105. The van der Waals surface area contributed by atoms with Crippen LogP contribution in [0.1, 0.15) is 12.5 Å². The Kier molecular flexibility index (Phi) is 6.05. The van der Waals surface area contributed by atoms with Crippen LogP contribution in [0.4, 0.5) is 5.69 Å². The van der Waals surface area contributed by atoms with Crippen molar-refractivity contribution in [2.45, 2.75) is 6.92 Å². The van der Waals surface area contributed by atoms with E-state index in [0.717, 1.165) is 11.3 Å². The number of benzene rings is 2. The lowest BCUT2D eigenvalue weighted by molar-refractivity contribution is -0.384. The highest BCUT2D eigenvalue weighted by atomic mass is 16.6. The highest BCUT2D eigenvalue weighted by molar-refractivity contribution is 5.99. The molecule has 2 aromatic carbocycles. The van der Waals surface area contributed by atoms with Gasteiger partial charge in [0.05, 0.1) is 23.8 Å². The van der Waals surface area contributed by atoms with Gasteiger partial charge in [0.1, 0.15) is 11.5 Å². The number of carbonyl (C=O) groups excluding carboxylic acids is 1. The second-order valence-corrected chi connectivity index (χ2v) is 5.00. The molecular formula is C17H17N3O5. The van der Waals surface area contributed by atoms with Crippen molar-refractivity contribution in [1.29, 1.82) is 0 Å². The Morgan fingerprint density at radius 1 is 1.20 bits per heavy atom. The Morgan fingerprint density at radius 2 is 1.92 bits per heavy atom. The van der Waals surface area contributed by atoms with E-state index in [1.165, 1.54) is 24.3 Å². The highest BCUT2D eigenvalue weighted by Gasteiger charge is 2.08. The van der Waals surface area contributed by atoms with Crippen molar-refractivity contribution in [3.05, 3.63) is 64.2 Å². The first-order chi connectivity index (χ1) is 12.0. The zero-order valence-electron chi connectivity index (χ0n) is 13.8. The summed E-state index contributed by atoms with van der Waals surface area (Å²) in [6.07, 6.45) is 0. The van der Waals surface area contributed by atoms with Crippen LogP contribution < -0.4 is 14.9 Å². The molecule has 2 rings (SSSR count). The molecule has 1 N–H and O–H groups in total. The second-order valence-electron chi connectivity index (χ2n) is 5.00. The van der Waals surface area contributed by atoms with Gasteiger partial charge in [-0.25, -0.2) is 5.43 Å². The lowest BCUT2D eigenvalue weighted by Crippen LogP contribution is -2.25. The van der Waals surface area contributed by atoms with Gasteiger partial charge in [0.2, 0.25) is 0 Å². The number of hydrogen-bond donors (Lipinski definition) is 1. The van der Waals surface area contributed by atoms with E-state index in [1.807, 2.05) is 12.1 Å².